The SMILES string of the molecule is CN=C(NCc1ccc(C)cc1)NCC1CCCN1C.I. The third kappa shape index (κ3) is 5.82. The van der Waals surface area contributed by atoms with E-state index in [2.05, 4.69) is 58.8 Å². The summed E-state index contributed by atoms with van der Waals surface area (Å²) in [6, 6.07) is 9.22. The van der Waals surface area contributed by atoms with Gasteiger partial charge in [-0.2, -0.15) is 0 Å². The number of benzene rings is 1. The lowest BCUT2D eigenvalue weighted by Gasteiger charge is -2.21. The minimum atomic E-state index is 0. The molecule has 1 aliphatic rings. The minimum Gasteiger partial charge on any atom is -0.355 e. The second-order valence-electron chi connectivity index (χ2n) is 5.57. The molecule has 1 aromatic rings. The number of hydrogen-bond acceptors (Lipinski definition) is 2. The van der Waals surface area contributed by atoms with Crippen LogP contribution in [-0.4, -0.2) is 44.1 Å². The van der Waals surface area contributed by atoms with Crippen molar-refractivity contribution in [2.75, 3.05) is 27.2 Å². The number of guanidine groups is 1. The van der Waals surface area contributed by atoms with Crippen LogP contribution in [0, 0.1) is 6.92 Å². The van der Waals surface area contributed by atoms with Crippen LogP contribution < -0.4 is 10.6 Å². The van der Waals surface area contributed by atoms with Gasteiger partial charge in [-0.05, 0) is 38.9 Å². The maximum absolute atomic E-state index is 4.28. The second kappa shape index (κ2) is 9.25. The van der Waals surface area contributed by atoms with Gasteiger partial charge in [0.1, 0.15) is 0 Å². The average Bonchev–Trinajstić information content (AvgIpc) is 2.86. The van der Waals surface area contributed by atoms with Gasteiger partial charge in [0.25, 0.3) is 0 Å². The van der Waals surface area contributed by atoms with E-state index < -0.39 is 0 Å². The van der Waals surface area contributed by atoms with Crippen molar-refractivity contribution >= 4 is 29.9 Å². The van der Waals surface area contributed by atoms with Crippen molar-refractivity contribution < 1.29 is 0 Å². The Kier molecular flexibility index (Phi) is 8.03. The third-order valence-corrected chi connectivity index (χ3v) is 3.98. The molecular weight excluding hydrogens is 375 g/mol. The molecular formula is C16H27IN4. The van der Waals surface area contributed by atoms with Crippen LogP contribution in [0.1, 0.15) is 24.0 Å². The molecule has 4 nitrogen and oxygen atoms in total. The highest BCUT2D eigenvalue weighted by Crippen LogP contribution is 2.13. The molecule has 1 saturated heterocycles. The van der Waals surface area contributed by atoms with Crippen LogP contribution in [-0.2, 0) is 6.54 Å². The van der Waals surface area contributed by atoms with Crippen LogP contribution in [0.2, 0.25) is 0 Å². The van der Waals surface area contributed by atoms with E-state index in [0.717, 1.165) is 19.0 Å². The number of nitrogens with zero attached hydrogens (tertiary/aromatic N) is 2. The fourth-order valence-electron chi connectivity index (χ4n) is 2.56. The molecule has 0 aliphatic carbocycles. The van der Waals surface area contributed by atoms with Crippen molar-refractivity contribution in [3.05, 3.63) is 35.4 Å². The summed E-state index contributed by atoms with van der Waals surface area (Å²) in [5.41, 5.74) is 2.57. The Balaban J connectivity index is 0.00000220. The molecule has 0 amide bonds. The molecule has 118 valence electrons. The van der Waals surface area contributed by atoms with Crippen molar-refractivity contribution in [1.82, 2.24) is 15.5 Å². The molecule has 2 rings (SSSR count). The number of halogens is 1. The number of aliphatic imine (C=N–C) groups is 1. The quantitative estimate of drug-likeness (QED) is 0.462. The van der Waals surface area contributed by atoms with E-state index in [1.165, 1.54) is 30.5 Å². The third-order valence-electron chi connectivity index (χ3n) is 3.98. The lowest BCUT2D eigenvalue weighted by Crippen LogP contribution is -2.43. The Bertz CT molecular complexity index is 444. The minimum absolute atomic E-state index is 0. The molecule has 1 aromatic carbocycles. The molecule has 1 aliphatic heterocycles. The lowest BCUT2D eigenvalue weighted by atomic mass is 10.1. The Morgan fingerprint density at radius 3 is 2.57 bits per heavy atom. The van der Waals surface area contributed by atoms with Gasteiger partial charge in [0.05, 0.1) is 0 Å². The first kappa shape index (κ1) is 18.2. The highest BCUT2D eigenvalue weighted by Gasteiger charge is 2.20. The van der Waals surface area contributed by atoms with Gasteiger partial charge in [0.2, 0.25) is 0 Å². The summed E-state index contributed by atoms with van der Waals surface area (Å²) in [4.78, 5) is 6.70. The standard InChI is InChI=1S/C16H26N4.HI/c1-13-6-8-14(9-7-13)11-18-16(17-2)19-12-15-5-4-10-20(15)3;/h6-9,15H,4-5,10-12H2,1-3H3,(H2,17,18,19);1H. The van der Waals surface area contributed by atoms with Crippen molar-refractivity contribution in [2.24, 2.45) is 4.99 Å². The number of rotatable bonds is 4. The molecule has 1 heterocycles. The van der Waals surface area contributed by atoms with Crippen LogP contribution in [0.5, 0.6) is 0 Å². The van der Waals surface area contributed by atoms with Crippen LogP contribution in [0.15, 0.2) is 29.3 Å². The normalized spacial score (nSPS) is 19.2. The zero-order valence-corrected chi connectivity index (χ0v) is 15.6. The maximum Gasteiger partial charge on any atom is 0.191 e. The predicted molar refractivity (Wildman–Crippen MR) is 100 cm³/mol. The van der Waals surface area contributed by atoms with E-state index in [9.17, 15) is 0 Å². The van der Waals surface area contributed by atoms with E-state index in [4.69, 9.17) is 0 Å². The van der Waals surface area contributed by atoms with E-state index in [1.54, 1.807) is 0 Å². The molecule has 1 fully saturated rings. The molecule has 2 N–H and O–H groups in total. The summed E-state index contributed by atoms with van der Waals surface area (Å²) in [5, 5.41) is 6.78. The Labute approximate surface area is 145 Å². The van der Waals surface area contributed by atoms with Crippen LogP contribution in [0.3, 0.4) is 0 Å². The van der Waals surface area contributed by atoms with Crippen molar-refractivity contribution in [1.29, 1.82) is 0 Å². The summed E-state index contributed by atoms with van der Waals surface area (Å²) in [5.74, 6) is 0.880. The fraction of sp³-hybridized carbons (Fsp3) is 0.562. The highest BCUT2D eigenvalue weighted by molar-refractivity contribution is 14.0. The molecule has 0 radical (unpaired) electrons. The smallest absolute Gasteiger partial charge is 0.191 e. The van der Waals surface area contributed by atoms with Crippen LogP contribution >= 0.6 is 24.0 Å². The van der Waals surface area contributed by atoms with Crippen molar-refractivity contribution in [3.63, 3.8) is 0 Å². The molecule has 21 heavy (non-hydrogen) atoms. The van der Waals surface area contributed by atoms with Gasteiger partial charge in [0, 0.05) is 26.2 Å². The molecule has 0 aromatic heterocycles. The molecule has 1 unspecified atom stereocenters. The first-order valence-electron chi connectivity index (χ1n) is 7.39. The lowest BCUT2D eigenvalue weighted by molar-refractivity contribution is 0.309. The van der Waals surface area contributed by atoms with E-state index in [0.29, 0.717) is 6.04 Å². The fourth-order valence-corrected chi connectivity index (χ4v) is 2.56. The predicted octanol–water partition coefficient (Wildman–Crippen LogP) is 2.37. The van der Waals surface area contributed by atoms with Crippen LogP contribution in [0.4, 0.5) is 0 Å². The van der Waals surface area contributed by atoms with Gasteiger partial charge in [-0.1, -0.05) is 29.8 Å². The zero-order chi connectivity index (χ0) is 14.4. The molecule has 0 bridgehead atoms. The Hall–Kier alpha value is -0.820. The van der Waals surface area contributed by atoms with Crippen molar-refractivity contribution in [2.45, 2.75) is 32.4 Å². The van der Waals surface area contributed by atoms with Gasteiger partial charge in [-0.15, -0.1) is 24.0 Å². The zero-order valence-electron chi connectivity index (χ0n) is 13.2. The number of hydrogen-bond donors (Lipinski definition) is 2. The first-order valence-corrected chi connectivity index (χ1v) is 7.39. The highest BCUT2D eigenvalue weighted by atomic mass is 127. The summed E-state index contributed by atoms with van der Waals surface area (Å²) in [6.45, 7) is 5.09. The van der Waals surface area contributed by atoms with Gasteiger partial charge in [-0.25, -0.2) is 0 Å². The summed E-state index contributed by atoms with van der Waals surface area (Å²) in [7, 11) is 4.02. The topological polar surface area (TPSA) is 39.7 Å². The average molecular weight is 402 g/mol. The summed E-state index contributed by atoms with van der Waals surface area (Å²) < 4.78 is 0. The number of likely N-dealkylation sites (tertiary alicyclic amines) is 1. The number of aryl methyl sites for hydroxylation is 1. The molecule has 0 saturated carbocycles. The number of likely N-dealkylation sites (N-methyl/N-ethyl adjacent to an activating group) is 1. The van der Waals surface area contributed by atoms with E-state index in [1.807, 2.05) is 7.05 Å². The van der Waals surface area contributed by atoms with E-state index >= 15 is 0 Å². The first-order chi connectivity index (χ1) is 9.69. The summed E-state index contributed by atoms with van der Waals surface area (Å²) >= 11 is 0. The van der Waals surface area contributed by atoms with Gasteiger partial charge in [-0.3, -0.25) is 4.99 Å². The van der Waals surface area contributed by atoms with Gasteiger partial charge < -0.3 is 15.5 Å². The summed E-state index contributed by atoms with van der Waals surface area (Å²) in [6.07, 6.45) is 2.58. The molecule has 5 heteroatoms. The monoisotopic (exact) mass is 402 g/mol. The van der Waals surface area contributed by atoms with E-state index in [-0.39, 0.29) is 24.0 Å². The largest absolute Gasteiger partial charge is 0.355 e. The van der Waals surface area contributed by atoms with Gasteiger partial charge >= 0.3 is 0 Å². The second-order valence-corrected chi connectivity index (χ2v) is 5.57. The number of nitrogens with one attached hydrogen (secondary N) is 2. The Morgan fingerprint density at radius 2 is 2.00 bits per heavy atom. The van der Waals surface area contributed by atoms with Crippen LogP contribution in [0.25, 0.3) is 0 Å². The molecule has 1 atom stereocenters. The Morgan fingerprint density at radius 1 is 1.29 bits per heavy atom. The maximum atomic E-state index is 4.28. The van der Waals surface area contributed by atoms with Crippen molar-refractivity contribution in [3.8, 4) is 0 Å². The molecule has 0 spiro atoms. The van der Waals surface area contributed by atoms with Gasteiger partial charge in [0.15, 0.2) is 5.96 Å².